The molecule has 104 valence electrons. The van der Waals surface area contributed by atoms with Crippen molar-refractivity contribution in [1.82, 2.24) is 0 Å². The Morgan fingerprint density at radius 3 is 2.18 bits per heavy atom. The van der Waals surface area contributed by atoms with Crippen LogP contribution in [0, 0.1) is 0 Å². The molecule has 1 saturated heterocycles. The highest BCUT2D eigenvalue weighted by molar-refractivity contribution is 4.90. The third-order valence-electron chi connectivity index (χ3n) is 2.80. The molecule has 0 aromatic heterocycles. The fourth-order valence-corrected chi connectivity index (χ4v) is 2.01. The van der Waals surface area contributed by atoms with Gasteiger partial charge in [0.05, 0.1) is 6.10 Å². The van der Waals surface area contributed by atoms with E-state index in [0.717, 1.165) is 6.42 Å². The lowest BCUT2D eigenvalue weighted by Crippen LogP contribution is -2.59. The van der Waals surface area contributed by atoms with Crippen LogP contribution in [0.5, 0.6) is 0 Å². The molecule has 5 nitrogen and oxygen atoms in total. The van der Waals surface area contributed by atoms with Crippen LogP contribution in [-0.2, 0) is 18.9 Å². The number of ether oxygens (including phenoxy) is 4. The summed E-state index contributed by atoms with van der Waals surface area (Å²) in [7, 11) is 3.14. The molecule has 0 aliphatic carbocycles. The van der Waals surface area contributed by atoms with E-state index in [-0.39, 0.29) is 25.7 Å². The van der Waals surface area contributed by atoms with Gasteiger partial charge in [-0.15, -0.1) is 0 Å². The molecule has 1 fully saturated rings. The molecule has 1 aliphatic rings. The second kappa shape index (κ2) is 8.00. The van der Waals surface area contributed by atoms with Crippen molar-refractivity contribution in [2.24, 2.45) is 0 Å². The van der Waals surface area contributed by atoms with Crippen molar-refractivity contribution < 1.29 is 24.1 Å². The lowest BCUT2D eigenvalue weighted by atomic mass is 9.99. The van der Waals surface area contributed by atoms with Crippen LogP contribution in [0.3, 0.4) is 0 Å². The Morgan fingerprint density at radius 2 is 1.71 bits per heavy atom. The number of aliphatic hydroxyl groups excluding tert-OH is 1. The van der Waals surface area contributed by atoms with Gasteiger partial charge in [0, 0.05) is 20.8 Å². The second-order valence-corrected chi connectivity index (χ2v) is 3.97. The van der Waals surface area contributed by atoms with E-state index in [1.54, 1.807) is 7.11 Å². The molecule has 0 saturated carbocycles. The molecule has 0 radical (unpaired) electrons. The first-order valence-electron chi connectivity index (χ1n) is 5.66. The summed E-state index contributed by atoms with van der Waals surface area (Å²) < 4.78 is 21.6. The summed E-state index contributed by atoms with van der Waals surface area (Å²) in [5.41, 5.74) is 0. The lowest BCUT2D eigenvalue weighted by molar-refractivity contribution is -0.295. The Balaban J connectivity index is 0.00000256. The second-order valence-electron chi connectivity index (χ2n) is 3.97. The molecular weight excluding hydrogens is 224 g/mol. The highest BCUT2D eigenvalue weighted by Gasteiger charge is 2.44. The van der Waals surface area contributed by atoms with Crippen molar-refractivity contribution in [2.45, 2.75) is 58.4 Å². The molecule has 1 heterocycles. The van der Waals surface area contributed by atoms with Crippen molar-refractivity contribution in [2.75, 3.05) is 20.8 Å². The molecule has 0 amide bonds. The average molecular weight is 250 g/mol. The van der Waals surface area contributed by atoms with Gasteiger partial charge in [-0.3, -0.25) is 0 Å². The van der Waals surface area contributed by atoms with E-state index in [4.69, 9.17) is 18.9 Å². The van der Waals surface area contributed by atoms with Crippen LogP contribution >= 0.6 is 0 Å². The summed E-state index contributed by atoms with van der Waals surface area (Å²) in [4.78, 5) is 0. The van der Waals surface area contributed by atoms with Gasteiger partial charge in [0.2, 0.25) is 0 Å². The maximum absolute atomic E-state index is 9.74. The zero-order valence-corrected chi connectivity index (χ0v) is 10.4. The average Bonchev–Trinajstić information content (AvgIpc) is 2.26. The Bertz CT molecular complexity index is 183. The third-order valence-corrected chi connectivity index (χ3v) is 2.80. The zero-order valence-electron chi connectivity index (χ0n) is 10.4. The fraction of sp³-hybridized carbons (Fsp3) is 1.00. The van der Waals surface area contributed by atoms with Crippen LogP contribution < -0.4 is 0 Å². The van der Waals surface area contributed by atoms with Crippen molar-refractivity contribution in [1.29, 1.82) is 0 Å². The van der Waals surface area contributed by atoms with Crippen LogP contribution in [0.15, 0.2) is 0 Å². The minimum absolute atomic E-state index is 0. The van der Waals surface area contributed by atoms with Crippen LogP contribution in [0.4, 0.5) is 0 Å². The summed E-state index contributed by atoms with van der Waals surface area (Å²) in [6.45, 7) is 4.50. The first kappa shape index (κ1) is 16.8. The van der Waals surface area contributed by atoms with Crippen molar-refractivity contribution in [3.63, 3.8) is 0 Å². The number of rotatable bonds is 5. The number of hydrogen-bond donors (Lipinski definition) is 1. The molecule has 1 rings (SSSR count). The van der Waals surface area contributed by atoms with Crippen LogP contribution in [0.25, 0.3) is 0 Å². The van der Waals surface area contributed by atoms with E-state index in [1.807, 2.05) is 13.8 Å². The Labute approximate surface area is 104 Å². The van der Waals surface area contributed by atoms with E-state index >= 15 is 0 Å². The SMILES string of the molecule is C.CCCO[C@@H]1[C@@H](OC)[C@H](C)OC(O)[C@@H]1OC. The number of aliphatic hydroxyl groups is 1. The van der Waals surface area contributed by atoms with E-state index in [9.17, 15) is 5.11 Å². The summed E-state index contributed by atoms with van der Waals surface area (Å²) in [5.74, 6) is 0. The number of hydrogen-bond acceptors (Lipinski definition) is 5. The lowest BCUT2D eigenvalue weighted by Gasteiger charge is -2.42. The topological polar surface area (TPSA) is 57.2 Å². The predicted molar refractivity (Wildman–Crippen MR) is 64.9 cm³/mol. The third kappa shape index (κ3) is 3.89. The summed E-state index contributed by atoms with van der Waals surface area (Å²) in [5, 5.41) is 9.74. The van der Waals surface area contributed by atoms with Gasteiger partial charge in [-0.05, 0) is 13.3 Å². The molecular formula is C12H26O5. The van der Waals surface area contributed by atoms with Gasteiger partial charge in [0.25, 0.3) is 0 Å². The standard InChI is InChI=1S/C11H22O5.CH4/c1-5-6-15-9-8(13-3)7(2)16-11(12)10(9)14-4;/h7-12H,5-6H2,1-4H3;1H4/t7-,8-,9+,10+,11?;/m0./s1. The molecule has 1 N–H and O–H groups in total. The first-order valence-corrected chi connectivity index (χ1v) is 5.66. The Kier molecular flexibility index (Phi) is 7.91. The molecule has 5 atom stereocenters. The fourth-order valence-electron chi connectivity index (χ4n) is 2.01. The summed E-state index contributed by atoms with van der Waals surface area (Å²) in [6.07, 6.45) is -1.29. The van der Waals surface area contributed by atoms with Gasteiger partial charge >= 0.3 is 0 Å². The van der Waals surface area contributed by atoms with Gasteiger partial charge in [-0.1, -0.05) is 14.4 Å². The maximum Gasteiger partial charge on any atom is 0.184 e. The largest absolute Gasteiger partial charge is 0.376 e. The van der Waals surface area contributed by atoms with Crippen LogP contribution in [-0.4, -0.2) is 56.6 Å². The van der Waals surface area contributed by atoms with Crippen molar-refractivity contribution >= 4 is 0 Å². The van der Waals surface area contributed by atoms with E-state index < -0.39 is 12.4 Å². The monoisotopic (exact) mass is 250 g/mol. The van der Waals surface area contributed by atoms with Crippen LogP contribution in [0.2, 0.25) is 0 Å². The quantitative estimate of drug-likeness (QED) is 0.794. The van der Waals surface area contributed by atoms with E-state index in [1.165, 1.54) is 7.11 Å². The summed E-state index contributed by atoms with van der Waals surface area (Å²) >= 11 is 0. The van der Waals surface area contributed by atoms with Crippen LogP contribution in [0.1, 0.15) is 27.7 Å². The van der Waals surface area contributed by atoms with Gasteiger partial charge in [0.1, 0.15) is 18.3 Å². The smallest absolute Gasteiger partial charge is 0.184 e. The van der Waals surface area contributed by atoms with Crippen molar-refractivity contribution in [3.8, 4) is 0 Å². The zero-order chi connectivity index (χ0) is 12.1. The highest BCUT2D eigenvalue weighted by atomic mass is 16.7. The summed E-state index contributed by atoms with van der Waals surface area (Å²) in [6, 6.07) is 0. The normalized spacial score (nSPS) is 37.6. The first-order chi connectivity index (χ1) is 7.65. The Morgan fingerprint density at radius 1 is 1.12 bits per heavy atom. The minimum atomic E-state index is -0.965. The highest BCUT2D eigenvalue weighted by Crippen LogP contribution is 2.26. The van der Waals surface area contributed by atoms with Gasteiger partial charge < -0.3 is 24.1 Å². The maximum atomic E-state index is 9.74. The van der Waals surface area contributed by atoms with Gasteiger partial charge in [0.15, 0.2) is 6.29 Å². The van der Waals surface area contributed by atoms with Crippen molar-refractivity contribution in [3.05, 3.63) is 0 Å². The molecule has 1 aliphatic heterocycles. The predicted octanol–water partition coefficient (Wildman–Crippen LogP) is 1.18. The van der Waals surface area contributed by atoms with Gasteiger partial charge in [-0.2, -0.15) is 0 Å². The molecule has 0 spiro atoms. The molecule has 5 heteroatoms. The van der Waals surface area contributed by atoms with E-state index in [0.29, 0.717) is 6.61 Å². The molecule has 0 aromatic carbocycles. The number of methoxy groups -OCH3 is 2. The molecule has 1 unspecified atom stereocenters. The molecule has 0 aromatic rings. The van der Waals surface area contributed by atoms with Gasteiger partial charge in [-0.25, -0.2) is 0 Å². The Hall–Kier alpha value is -0.200. The minimum Gasteiger partial charge on any atom is -0.376 e. The molecule has 0 bridgehead atoms. The van der Waals surface area contributed by atoms with E-state index in [2.05, 4.69) is 0 Å². The molecule has 17 heavy (non-hydrogen) atoms.